The smallest absolute Gasteiger partial charge is 0.315 e. The van der Waals surface area contributed by atoms with Gasteiger partial charge in [-0.3, -0.25) is 9.59 Å². The number of fused-ring (bicyclic) bond motifs is 1. The molecule has 10 heteroatoms. The second-order valence-corrected chi connectivity index (χ2v) is 14.7. The average molecular weight is 725 g/mol. The molecule has 1 unspecified atom stereocenters. The summed E-state index contributed by atoms with van der Waals surface area (Å²) in [5.41, 5.74) is 1.35. The SMILES string of the molecule is CCOC(CN(Cc1cccc2ccccc12)C(=O)C(Cc1ccc(OC(C)(C)C)cc1)NC(=O)C(C)(C)CNC(=O)NCc1ccccc1)OCC. The molecule has 4 aromatic rings. The Kier molecular flexibility index (Phi) is 14.8. The number of amides is 4. The van der Waals surface area contributed by atoms with Crippen LogP contribution in [0.5, 0.6) is 5.75 Å². The standard InChI is InChI=1S/C43H56N4O6/c1-8-51-38(52-9-2)29-47(28-34-20-15-19-33-18-13-14-21-36(33)34)39(48)37(26-31-22-24-35(25-23-31)53-42(3,4)5)46-40(49)43(6,7)30-45-41(50)44-27-32-16-11-10-12-17-32/h10-25,37-38H,8-9,26-30H2,1-7H3,(H,46,49)(H2,44,45,50). The Hall–Kier alpha value is -4.93. The van der Waals surface area contributed by atoms with E-state index in [9.17, 15) is 14.4 Å². The molecular formula is C43H56N4O6. The number of nitrogens with one attached hydrogen (secondary N) is 3. The molecule has 53 heavy (non-hydrogen) atoms. The van der Waals surface area contributed by atoms with Gasteiger partial charge in [-0.25, -0.2) is 4.79 Å². The van der Waals surface area contributed by atoms with Crippen LogP contribution < -0.4 is 20.7 Å². The molecule has 0 bridgehead atoms. The topological polar surface area (TPSA) is 118 Å². The Morgan fingerprint density at radius 2 is 1.38 bits per heavy atom. The summed E-state index contributed by atoms with van der Waals surface area (Å²) in [6.45, 7) is 14.9. The third kappa shape index (κ3) is 12.9. The maximum Gasteiger partial charge on any atom is 0.315 e. The molecule has 0 spiro atoms. The van der Waals surface area contributed by atoms with E-state index in [4.69, 9.17) is 14.2 Å². The molecular weight excluding hydrogens is 668 g/mol. The van der Waals surface area contributed by atoms with Gasteiger partial charge in [0.2, 0.25) is 11.8 Å². The van der Waals surface area contributed by atoms with Crippen LogP contribution in [0.25, 0.3) is 10.8 Å². The van der Waals surface area contributed by atoms with Gasteiger partial charge in [-0.15, -0.1) is 0 Å². The second-order valence-electron chi connectivity index (χ2n) is 14.7. The first-order valence-corrected chi connectivity index (χ1v) is 18.4. The Balaban J connectivity index is 1.60. The van der Waals surface area contributed by atoms with Gasteiger partial charge in [-0.2, -0.15) is 0 Å². The molecule has 4 amide bonds. The Labute approximate surface area is 314 Å². The van der Waals surface area contributed by atoms with Crippen LogP contribution in [-0.4, -0.2) is 67.0 Å². The van der Waals surface area contributed by atoms with E-state index in [1.165, 1.54) is 0 Å². The molecule has 3 N–H and O–H groups in total. The van der Waals surface area contributed by atoms with Crippen LogP contribution in [0, 0.1) is 5.41 Å². The fourth-order valence-electron chi connectivity index (χ4n) is 5.85. The monoisotopic (exact) mass is 724 g/mol. The van der Waals surface area contributed by atoms with Gasteiger partial charge in [0.05, 0.1) is 12.0 Å². The van der Waals surface area contributed by atoms with Crippen molar-refractivity contribution in [2.24, 2.45) is 5.41 Å². The minimum atomic E-state index is -1.05. The van der Waals surface area contributed by atoms with E-state index in [-0.39, 0.29) is 49.5 Å². The molecule has 0 heterocycles. The van der Waals surface area contributed by atoms with Crippen molar-refractivity contribution in [2.45, 2.75) is 85.9 Å². The van der Waals surface area contributed by atoms with Crippen LogP contribution in [0.3, 0.4) is 0 Å². The maximum atomic E-state index is 14.8. The molecule has 1 atom stereocenters. The maximum absolute atomic E-state index is 14.8. The molecule has 0 fully saturated rings. The van der Waals surface area contributed by atoms with E-state index < -0.39 is 17.7 Å². The normalized spacial score (nSPS) is 12.3. The number of rotatable bonds is 18. The number of urea groups is 1. The first-order valence-electron chi connectivity index (χ1n) is 18.4. The van der Waals surface area contributed by atoms with Gasteiger partial charge >= 0.3 is 6.03 Å². The van der Waals surface area contributed by atoms with Gasteiger partial charge in [0.1, 0.15) is 17.4 Å². The number of carbonyl (C=O) groups excluding carboxylic acids is 3. The molecule has 4 aromatic carbocycles. The summed E-state index contributed by atoms with van der Waals surface area (Å²) in [6, 6.07) is 29.9. The molecule has 0 aliphatic heterocycles. The Morgan fingerprint density at radius 3 is 2.04 bits per heavy atom. The number of hydrogen-bond donors (Lipinski definition) is 3. The van der Waals surface area contributed by atoms with E-state index in [0.29, 0.717) is 25.5 Å². The predicted molar refractivity (Wildman–Crippen MR) is 209 cm³/mol. The van der Waals surface area contributed by atoms with Crippen molar-refractivity contribution in [1.82, 2.24) is 20.9 Å². The van der Waals surface area contributed by atoms with E-state index in [2.05, 4.69) is 16.0 Å². The van der Waals surface area contributed by atoms with Crippen LogP contribution in [0.1, 0.15) is 65.2 Å². The lowest BCUT2D eigenvalue weighted by Crippen LogP contribution is -2.55. The lowest BCUT2D eigenvalue weighted by molar-refractivity contribution is -0.161. The van der Waals surface area contributed by atoms with E-state index in [1.54, 1.807) is 18.7 Å². The van der Waals surface area contributed by atoms with Crippen molar-refractivity contribution < 1.29 is 28.6 Å². The van der Waals surface area contributed by atoms with Gasteiger partial charge in [0, 0.05) is 39.3 Å². The molecule has 4 rings (SSSR count). The second kappa shape index (κ2) is 19.2. The summed E-state index contributed by atoms with van der Waals surface area (Å²) in [7, 11) is 0. The molecule has 0 saturated carbocycles. The lowest BCUT2D eigenvalue weighted by Gasteiger charge is -2.33. The molecule has 0 aromatic heterocycles. The highest BCUT2D eigenvalue weighted by molar-refractivity contribution is 5.91. The summed E-state index contributed by atoms with van der Waals surface area (Å²) in [4.78, 5) is 43.3. The van der Waals surface area contributed by atoms with Crippen LogP contribution in [-0.2, 0) is 38.6 Å². The van der Waals surface area contributed by atoms with Gasteiger partial charge in [-0.1, -0.05) is 84.9 Å². The quantitative estimate of drug-likeness (QED) is 0.0952. The van der Waals surface area contributed by atoms with Gasteiger partial charge < -0.3 is 35.1 Å². The van der Waals surface area contributed by atoms with Gasteiger partial charge in [-0.05, 0) is 88.1 Å². The third-order valence-electron chi connectivity index (χ3n) is 8.62. The number of benzene rings is 4. The van der Waals surface area contributed by atoms with Gasteiger partial charge in [0.25, 0.3) is 0 Å². The fourth-order valence-corrected chi connectivity index (χ4v) is 5.85. The summed E-state index contributed by atoms with van der Waals surface area (Å²) >= 11 is 0. The summed E-state index contributed by atoms with van der Waals surface area (Å²) in [5, 5.41) is 10.8. The van der Waals surface area contributed by atoms with E-state index >= 15 is 0 Å². The minimum absolute atomic E-state index is 0.0513. The number of carbonyl (C=O) groups is 3. The summed E-state index contributed by atoms with van der Waals surface area (Å²) in [5.74, 6) is 0.0537. The highest BCUT2D eigenvalue weighted by Crippen LogP contribution is 2.23. The van der Waals surface area contributed by atoms with Crippen molar-refractivity contribution >= 4 is 28.6 Å². The van der Waals surface area contributed by atoms with E-state index in [0.717, 1.165) is 27.5 Å². The number of nitrogens with zero attached hydrogens (tertiary/aromatic N) is 1. The zero-order chi connectivity index (χ0) is 38.4. The van der Waals surface area contributed by atoms with Crippen LogP contribution >= 0.6 is 0 Å². The lowest BCUT2D eigenvalue weighted by atomic mass is 9.91. The van der Waals surface area contributed by atoms with E-state index in [1.807, 2.05) is 132 Å². The first kappa shape index (κ1) is 40.8. The first-order chi connectivity index (χ1) is 25.3. The van der Waals surface area contributed by atoms with Crippen LogP contribution in [0.15, 0.2) is 97.1 Å². The molecule has 0 radical (unpaired) electrons. The summed E-state index contributed by atoms with van der Waals surface area (Å²) < 4.78 is 17.9. The van der Waals surface area contributed by atoms with Crippen molar-refractivity contribution in [1.29, 1.82) is 0 Å². The minimum Gasteiger partial charge on any atom is -0.488 e. The molecule has 10 nitrogen and oxygen atoms in total. The van der Waals surface area contributed by atoms with Crippen molar-refractivity contribution in [3.05, 3.63) is 114 Å². The largest absolute Gasteiger partial charge is 0.488 e. The molecule has 284 valence electrons. The number of ether oxygens (including phenoxy) is 3. The Morgan fingerprint density at radius 1 is 0.736 bits per heavy atom. The Bertz CT molecular complexity index is 1760. The third-order valence-corrected chi connectivity index (χ3v) is 8.62. The summed E-state index contributed by atoms with van der Waals surface area (Å²) in [6.07, 6.45) is -0.439. The molecule has 0 aliphatic carbocycles. The molecule has 0 aliphatic rings. The zero-order valence-electron chi connectivity index (χ0n) is 32.2. The zero-order valence-corrected chi connectivity index (χ0v) is 32.2. The highest BCUT2D eigenvalue weighted by atomic mass is 16.7. The van der Waals surface area contributed by atoms with Crippen molar-refractivity contribution in [3.63, 3.8) is 0 Å². The fraction of sp³-hybridized carbons (Fsp3) is 0.419. The predicted octanol–water partition coefficient (Wildman–Crippen LogP) is 7.00. The van der Waals surface area contributed by atoms with Gasteiger partial charge in [0.15, 0.2) is 6.29 Å². The number of hydrogen-bond acceptors (Lipinski definition) is 6. The highest BCUT2D eigenvalue weighted by Gasteiger charge is 2.34. The molecule has 0 saturated heterocycles. The van der Waals surface area contributed by atoms with Crippen LogP contribution in [0.4, 0.5) is 4.79 Å². The van der Waals surface area contributed by atoms with Crippen molar-refractivity contribution in [2.75, 3.05) is 26.3 Å². The average Bonchev–Trinajstić information content (AvgIpc) is 3.13. The van der Waals surface area contributed by atoms with Crippen molar-refractivity contribution in [3.8, 4) is 5.75 Å². The van der Waals surface area contributed by atoms with Crippen LogP contribution in [0.2, 0.25) is 0 Å².